The Kier molecular flexibility index (Phi) is 7.66. The maximum Gasteiger partial charge on any atom is 0.240 e. The van der Waals surface area contributed by atoms with E-state index in [1.165, 1.54) is 11.8 Å². The first-order valence-electron chi connectivity index (χ1n) is 9.74. The number of nitrogens with zero attached hydrogens (tertiary/aromatic N) is 2. The molecule has 8 nitrogen and oxygen atoms in total. The van der Waals surface area contributed by atoms with Gasteiger partial charge in [0.25, 0.3) is 0 Å². The molecule has 0 bridgehead atoms. The molecule has 1 aliphatic heterocycles. The lowest BCUT2D eigenvalue weighted by molar-refractivity contribution is -0.122. The fourth-order valence-corrected chi connectivity index (χ4v) is 3.72. The number of hydrogen-bond donors (Lipinski definition) is 2. The summed E-state index contributed by atoms with van der Waals surface area (Å²) < 4.78 is 10.8. The molecule has 1 aliphatic rings. The summed E-state index contributed by atoms with van der Waals surface area (Å²) in [6.45, 7) is 4.38. The van der Waals surface area contributed by atoms with Crippen molar-refractivity contribution >= 4 is 40.6 Å². The molecule has 2 aromatic carbocycles. The highest BCUT2D eigenvalue weighted by Gasteiger charge is 2.32. The largest absolute Gasteiger partial charge is 0.493 e. The SMILES string of the molecule is CCOc1cc(C=N/N=C2\NC(=O)C(CC(=O)Nc3ccc(C)cc3)S2)ccc1OC. The van der Waals surface area contributed by atoms with E-state index in [9.17, 15) is 9.59 Å². The maximum atomic E-state index is 12.2. The molecule has 1 saturated heterocycles. The van der Waals surface area contributed by atoms with Gasteiger partial charge in [0.15, 0.2) is 16.7 Å². The third-order valence-electron chi connectivity index (χ3n) is 4.33. The molecular weight excluding hydrogens is 416 g/mol. The molecule has 9 heteroatoms. The van der Waals surface area contributed by atoms with Crippen LogP contribution in [0.3, 0.4) is 0 Å². The van der Waals surface area contributed by atoms with Gasteiger partial charge in [0, 0.05) is 12.1 Å². The average molecular weight is 441 g/mol. The molecule has 0 saturated carbocycles. The maximum absolute atomic E-state index is 12.2. The monoisotopic (exact) mass is 440 g/mol. The molecule has 1 unspecified atom stereocenters. The van der Waals surface area contributed by atoms with Gasteiger partial charge in [0.05, 0.1) is 19.9 Å². The lowest BCUT2D eigenvalue weighted by Crippen LogP contribution is -2.28. The van der Waals surface area contributed by atoms with Crippen LogP contribution in [-0.2, 0) is 9.59 Å². The van der Waals surface area contributed by atoms with Gasteiger partial charge in [0.2, 0.25) is 11.8 Å². The molecular formula is C22H24N4O4S. The molecule has 162 valence electrons. The lowest BCUT2D eigenvalue weighted by atomic mass is 10.2. The molecule has 3 rings (SSSR count). The van der Waals surface area contributed by atoms with Crippen molar-refractivity contribution in [2.75, 3.05) is 19.0 Å². The number of amides is 2. The molecule has 1 heterocycles. The van der Waals surface area contributed by atoms with Crippen LogP contribution in [-0.4, -0.2) is 42.2 Å². The quantitative estimate of drug-likeness (QED) is 0.484. The highest BCUT2D eigenvalue weighted by Crippen LogP contribution is 2.27. The van der Waals surface area contributed by atoms with E-state index in [2.05, 4.69) is 20.8 Å². The fraction of sp³-hybridized carbons (Fsp3) is 0.273. The Balaban J connectivity index is 1.57. The number of rotatable bonds is 8. The third-order valence-corrected chi connectivity index (χ3v) is 5.40. The van der Waals surface area contributed by atoms with Gasteiger partial charge in [-0.25, -0.2) is 0 Å². The smallest absolute Gasteiger partial charge is 0.240 e. The number of amidine groups is 1. The minimum absolute atomic E-state index is 0.0449. The van der Waals surface area contributed by atoms with Crippen LogP contribution >= 0.6 is 11.8 Å². The van der Waals surface area contributed by atoms with Gasteiger partial charge in [-0.3, -0.25) is 9.59 Å². The number of carbonyl (C=O) groups excluding carboxylic acids is 2. The van der Waals surface area contributed by atoms with Crippen molar-refractivity contribution < 1.29 is 19.1 Å². The number of ether oxygens (including phenoxy) is 2. The van der Waals surface area contributed by atoms with E-state index in [-0.39, 0.29) is 18.2 Å². The first kappa shape index (κ1) is 22.4. The Morgan fingerprint density at radius 2 is 2.00 bits per heavy atom. The van der Waals surface area contributed by atoms with E-state index in [1.807, 2.05) is 44.2 Å². The summed E-state index contributed by atoms with van der Waals surface area (Å²) in [6.07, 6.45) is 1.60. The Morgan fingerprint density at radius 3 is 2.71 bits per heavy atom. The first-order valence-corrected chi connectivity index (χ1v) is 10.6. The summed E-state index contributed by atoms with van der Waals surface area (Å²) in [5.41, 5.74) is 2.58. The van der Waals surface area contributed by atoms with Crippen molar-refractivity contribution in [3.05, 3.63) is 53.6 Å². The molecule has 2 aromatic rings. The van der Waals surface area contributed by atoms with E-state index in [4.69, 9.17) is 9.47 Å². The van der Waals surface area contributed by atoms with Gasteiger partial charge in [-0.2, -0.15) is 5.10 Å². The normalized spacial score (nSPS) is 17.1. The number of benzene rings is 2. The third kappa shape index (κ3) is 6.32. The number of hydrogen-bond acceptors (Lipinski definition) is 7. The van der Waals surface area contributed by atoms with Crippen molar-refractivity contribution in [1.82, 2.24) is 5.32 Å². The Morgan fingerprint density at radius 1 is 1.23 bits per heavy atom. The highest BCUT2D eigenvalue weighted by molar-refractivity contribution is 8.15. The van der Waals surface area contributed by atoms with Crippen LogP contribution in [0.2, 0.25) is 0 Å². The first-order chi connectivity index (χ1) is 15.0. The van der Waals surface area contributed by atoms with E-state index < -0.39 is 5.25 Å². The van der Waals surface area contributed by atoms with Crippen molar-refractivity contribution in [2.45, 2.75) is 25.5 Å². The summed E-state index contributed by atoms with van der Waals surface area (Å²) in [4.78, 5) is 24.4. The minimum Gasteiger partial charge on any atom is -0.493 e. The summed E-state index contributed by atoms with van der Waals surface area (Å²) in [5, 5.41) is 13.3. The number of aryl methyl sites for hydroxylation is 1. The van der Waals surface area contributed by atoms with Crippen molar-refractivity contribution in [3.63, 3.8) is 0 Å². The second-order valence-corrected chi connectivity index (χ2v) is 7.90. The molecule has 0 radical (unpaired) electrons. The van der Waals surface area contributed by atoms with Crippen LogP contribution in [0.4, 0.5) is 5.69 Å². The predicted octanol–water partition coefficient (Wildman–Crippen LogP) is 3.35. The van der Waals surface area contributed by atoms with Gasteiger partial charge in [-0.15, -0.1) is 5.10 Å². The number of carbonyl (C=O) groups is 2. The van der Waals surface area contributed by atoms with Gasteiger partial charge in [-0.1, -0.05) is 29.5 Å². The van der Waals surface area contributed by atoms with Crippen molar-refractivity contribution in [1.29, 1.82) is 0 Å². The molecule has 0 aromatic heterocycles. The lowest BCUT2D eigenvalue weighted by Gasteiger charge is -2.09. The zero-order valence-electron chi connectivity index (χ0n) is 17.5. The van der Waals surface area contributed by atoms with Gasteiger partial charge < -0.3 is 20.1 Å². The summed E-state index contributed by atoms with van der Waals surface area (Å²) in [7, 11) is 1.58. The van der Waals surface area contributed by atoms with E-state index in [1.54, 1.807) is 25.5 Å². The van der Waals surface area contributed by atoms with Gasteiger partial charge >= 0.3 is 0 Å². The number of methoxy groups -OCH3 is 1. The van der Waals surface area contributed by atoms with E-state index in [0.29, 0.717) is 29.0 Å². The average Bonchev–Trinajstić information content (AvgIpc) is 3.09. The zero-order valence-corrected chi connectivity index (χ0v) is 18.4. The topological polar surface area (TPSA) is 101 Å². The van der Waals surface area contributed by atoms with Crippen LogP contribution in [0, 0.1) is 6.92 Å². The minimum atomic E-state index is -0.551. The van der Waals surface area contributed by atoms with Crippen LogP contribution in [0.15, 0.2) is 52.7 Å². The van der Waals surface area contributed by atoms with Gasteiger partial charge in [-0.05, 0) is 49.7 Å². The molecule has 2 N–H and O–H groups in total. The summed E-state index contributed by atoms with van der Waals surface area (Å²) in [6, 6.07) is 12.9. The number of anilines is 1. The number of nitrogens with one attached hydrogen (secondary N) is 2. The second kappa shape index (κ2) is 10.6. The highest BCUT2D eigenvalue weighted by atomic mass is 32.2. The Labute approximate surface area is 185 Å². The van der Waals surface area contributed by atoms with Crippen LogP contribution < -0.4 is 20.1 Å². The Hall–Kier alpha value is -3.33. The van der Waals surface area contributed by atoms with Crippen LogP contribution in [0.5, 0.6) is 11.5 Å². The molecule has 31 heavy (non-hydrogen) atoms. The molecule has 0 aliphatic carbocycles. The molecule has 2 amide bonds. The summed E-state index contributed by atoms with van der Waals surface area (Å²) >= 11 is 1.18. The standard InChI is InChI=1S/C22H24N4O4S/c1-4-30-18-11-15(7-10-17(18)29-3)13-23-26-22-25-21(28)19(31-22)12-20(27)24-16-8-5-14(2)6-9-16/h5-11,13,19H,4,12H2,1-3H3,(H,24,27)(H,25,26,28). The molecule has 0 spiro atoms. The van der Waals surface area contributed by atoms with Crippen LogP contribution in [0.1, 0.15) is 24.5 Å². The van der Waals surface area contributed by atoms with E-state index in [0.717, 1.165) is 11.1 Å². The Bertz CT molecular complexity index is 1010. The van der Waals surface area contributed by atoms with E-state index >= 15 is 0 Å². The summed E-state index contributed by atoms with van der Waals surface area (Å²) in [5.74, 6) is 0.754. The molecule has 1 atom stereocenters. The second-order valence-electron chi connectivity index (χ2n) is 6.71. The van der Waals surface area contributed by atoms with Crippen molar-refractivity contribution in [2.24, 2.45) is 10.2 Å². The zero-order chi connectivity index (χ0) is 22.2. The predicted molar refractivity (Wildman–Crippen MR) is 123 cm³/mol. The number of thioether (sulfide) groups is 1. The molecule has 1 fully saturated rings. The fourth-order valence-electron chi connectivity index (χ4n) is 2.79. The van der Waals surface area contributed by atoms with Gasteiger partial charge in [0.1, 0.15) is 5.25 Å². The van der Waals surface area contributed by atoms with Crippen LogP contribution in [0.25, 0.3) is 0 Å². The van der Waals surface area contributed by atoms with Crippen molar-refractivity contribution in [3.8, 4) is 11.5 Å².